The summed E-state index contributed by atoms with van der Waals surface area (Å²) in [4.78, 5) is 37.1. The number of nitrogens with one attached hydrogen (secondary N) is 1. The molecule has 3 fully saturated rings. The molecule has 1 aromatic heterocycles. The van der Waals surface area contributed by atoms with E-state index >= 15 is 0 Å². The predicted octanol–water partition coefficient (Wildman–Crippen LogP) is 4.17. The van der Waals surface area contributed by atoms with Crippen LogP contribution in [0, 0.1) is 11.8 Å². The highest BCUT2D eigenvalue weighted by atomic mass is 16.7. The Balaban J connectivity index is 1.40. The van der Waals surface area contributed by atoms with E-state index in [2.05, 4.69) is 47.1 Å². The number of aliphatic imine (C=N–C) groups is 1. The van der Waals surface area contributed by atoms with E-state index in [1.807, 2.05) is 36.4 Å². The number of hydrogen-bond acceptors (Lipinski definition) is 7. The normalized spacial score (nSPS) is 28.3. The monoisotopic (exact) mass is 540 g/mol. The third-order valence-corrected chi connectivity index (χ3v) is 9.06. The van der Waals surface area contributed by atoms with Gasteiger partial charge in [0.05, 0.1) is 18.8 Å². The minimum absolute atomic E-state index is 0.0773. The minimum atomic E-state index is -0.705. The molecule has 1 aliphatic carbocycles. The topological polar surface area (TPSA) is 94.4 Å². The first-order valence-corrected chi connectivity index (χ1v) is 13.8. The van der Waals surface area contributed by atoms with E-state index in [9.17, 15) is 9.59 Å². The van der Waals surface area contributed by atoms with Crippen LogP contribution >= 0.6 is 0 Å². The van der Waals surface area contributed by atoms with Crippen LogP contribution in [0.25, 0.3) is 10.9 Å². The Bertz CT molecular complexity index is 1580. The van der Waals surface area contributed by atoms with Crippen LogP contribution in [0.15, 0.2) is 65.5 Å². The molecule has 7 rings (SSSR count). The fourth-order valence-electron chi connectivity index (χ4n) is 7.08. The number of hydroxylamine groups is 1. The highest BCUT2D eigenvalue weighted by molar-refractivity contribution is 6.09. The number of nitrogens with zero attached hydrogens (tertiary/aromatic N) is 3. The molecule has 4 aliphatic rings. The van der Waals surface area contributed by atoms with Crippen LogP contribution in [0.1, 0.15) is 48.7 Å². The van der Waals surface area contributed by atoms with Crippen molar-refractivity contribution in [2.24, 2.45) is 16.8 Å². The summed E-state index contributed by atoms with van der Waals surface area (Å²) in [6.45, 7) is 6.07. The predicted molar refractivity (Wildman–Crippen MR) is 150 cm³/mol. The molecule has 1 amide bonds. The van der Waals surface area contributed by atoms with Crippen molar-refractivity contribution in [1.29, 1.82) is 0 Å². The van der Waals surface area contributed by atoms with Crippen molar-refractivity contribution in [1.82, 2.24) is 10.0 Å². The number of fused-ring (bicyclic) bond motifs is 2. The molecule has 3 aromatic rings. The number of aromatic nitrogens is 1. The van der Waals surface area contributed by atoms with Crippen LogP contribution < -0.4 is 10.4 Å². The van der Waals surface area contributed by atoms with Crippen molar-refractivity contribution >= 4 is 34.3 Å². The molecular weight excluding hydrogens is 508 g/mol. The Labute approximate surface area is 232 Å². The fraction of sp³-hybridized carbons (Fsp3) is 0.419. The second-order valence-electron chi connectivity index (χ2n) is 11.8. The van der Waals surface area contributed by atoms with Gasteiger partial charge in [0.1, 0.15) is 11.2 Å². The molecule has 2 aromatic carbocycles. The van der Waals surface area contributed by atoms with Crippen molar-refractivity contribution in [3.05, 3.63) is 71.7 Å². The van der Waals surface area contributed by atoms with Gasteiger partial charge in [0, 0.05) is 42.1 Å². The first kappa shape index (κ1) is 25.1. The zero-order chi connectivity index (χ0) is 27.6. The molecule has 1 unspecified atom stereocenters. The molecule has 1 saturated carbocycles. The van der Waals surface area contributed by atoms with E-state index in [0.29, 0.717) is 30.7 Å². The summed E-state index contributed by atoms with van der Waals surface area (Å²) in [5, 5.41) is 0.988. The van der Waals surface area contributed by atoms with Gasteiger partial charge in [-0.1, -0.05) is 24.3 Å². The van der Waals surface area contributed by atoms with Crippen LogP contribution in [-0.2, 0) is 24.6 Å². The number of amidine groups is 1. The number of benzene rings is 2. The summed E-state index contributed by atoms with van der Waals surface area (Å²) in [6, 6.07) is 18.1. The van der Waals surface area contributed by atoms with Gasteiger partial charge in [0.25, 0.3) is 5.91 Å². The summed E-state index contributed by atoms with van der Waals surface area (Å²) < 4.78 is 13.9. The molecular formula is C31H32N4O5. The molecule has 0 bridgehead atoms. The van der Waals surface area contributed by atoms with E-state index in [1.165, 1.54) is 5.56 Å². The van der Waals surface area contributed by atoms with Gasteiger partial charge >= 0.3 is 5.88 Å². The summed E-state index contributed by atoms with van der Waals surface area (Å²) in [5.41, 5.74) is 5.53. The van der Waals surface area contributed by atoms with Crippen LogP contribution in [-0.4, -0.2) is 54.7 Å². The number of para-hydroxylation sites is 1. The number of anilines is 1. The van der Waals surface area contributed by atoms with Gasteiger partial charge < -0.3 is 23.8 Å². The maximum absolute atomic E-state index is 14.2. The van der Waals surface area contributed by atoms with Crippen LogP contribution in [0.3, 0.4) is 0 Å². The highest BCUT2D eigenvalue weighted by Gasteiger charge is 2.73. The zero-order valence-corrected chi connectivity index (χ0v) is 22.8. The van der Waals surface area contributed by atoms with Gasteiger partial charge in [-0.3, -0.25) is 4.79 Å². The fourth-order valence-corrected chi connectivity index (χ4v) is 7.08. The lowest BCUT2D eigenvalue weighted by molar-refractivity contribution is -0.0592. The third-order valence-electron chi connectivity index (χ3n) is 9.06. The summed E-state index contributed by atoms with van der Waals surface area (Å²) in [6.07, 6.45) is 1.90. The summed E-state index contributed by atoms with van der Waals surface area (Å²) in [5.74, 6) is 2.50. The van der Waals surface area contributed by atoms with Crippen molar-refractivity contribution < 1.29 is 23.9 Å². The Morgan fingerprint density at radius 3 is 2.60 bits per heavy atom. The first-order chi connectivity index (χ1) is 19.3. The van der Waals surface area contributed by atoms with E-state index in [1.54, 1.807) is 17.9 Å². The number of carbonyl (C=O) groups is 1. The highest BCUT2D eigenvalue weighted by Crippen LogP contribution is 2.62. The molecule has 4 heterocycles. The largest absolute Gasteiger partial charge is 0.381 e. The Kier molecular flexibility index (Phi) is 5.68. The maximum Gasteiger partial charge on any atom is 0.332 e. The number of amides is 1. The minimum Gasteiger partial charge on any atom is -0.381 e. The van der Waals surface area contributed by atoms with Crippen LogP contribution in [0.5, 0.6) is 0 Å². The number of rotatable bonds is 5. The lowest BCUT2D eigenvalue weighted by Crippen LogP contribution is -2.43. The van der Waals surface area contributed by atoms with Gasteiger partial charge in [-0.2, -0.15) is 4.99 Å². The average Bonchev–Trinajstić information content (AvgIpc) is 3.49. The molecule has 1 N–H and O–H groups in total. The Morgan fingerprint density at radius 2 is 1.90 bits per heavy atom. The smallest absolute Gasteiger partial charge is 0.332 e. The molecule has 206 valence electrons. The lowest BCUT2D eigenvalue weighted by Gasteiger charge is -2.35. The van der Waals surface area contributed by atoms with Crippen molar-refractivity contribution in [2.45, 2.75) is 43.7 Å². The molecule has 2 saturated heterocycles. The van der Waals surface area contributed by atoms with Crippen molar-refractivity contribution in [3.8, 4) is 0 Å². The average molecular weight is 541 g/mol. The molecule has 3 aliphatic heterocycles. The van der Waals surface area contributed by atoms with Crippen molar-refractivity contribution in [2.75, 3.05) is 31.8 Å². The Hall–Kier alpha value is -3.91. The summed E-state index contributed by atoms with van der Waals surface area (Å²) in [7, 11) is 1.79. The van der Waals surface area contributed by atoms with Crippen LogP contribution in [0.4, 0.5) is 5.69 Å². The second-order valence-corrected chi connectivity index (χ2v) is 11.8. The first-order valence-electron chi connectivity index (χ1n) is 13.8. The number of hydrogen-bond donors (Lipinski definition) is 1. The standard InChI is InChI=1S/C31H32N4O5/c1-30(2)15-20(11-12-39-30)19-9-10-25-21(13-19)14-26(28(37)34(3)22-7-5-4-6-8-22)35(25)31(23-17-38-18-24(23)31)29-32-27(16-36)40-33-29/h4-10,13-14,20,23-24H,11-12,15,17-18H2,1-3H3,(H,32,33)/t20-,23-,24+,31?/m0/s1. The van der Waals surface area contributed by atoms with E-state index in [-0.39, 0.29) is 29.2 Å². The number of carbonyl (C=O) groups excluding carboxylic acids is 2. The maximum atomic E-state index is 14.2. The lowest BCUT2D eigenvalue weighted by atomic mass is 9.83. The quantitative estimate of drug-likeness (QED) is 0.489. The summed E-state index contributed by atoms with van der Waals surface area (Å²) >= 11 is 0. The molecule has 9 heteroatoms. The third kappa shape index (κ3) is 3.73. The van der Waals surface area contributed by atoms with Gasteiger partial charge in [0.15, 0.2) is 11.8 Å². The molecule has 4 atom stereocenters. The van der Waals surface area contributed by atoms with E-state index in [4.69, 9.17) is 14.3 Å². The molecule has 0 radical (unpaired) electrons. The van der Waals surface area contributed by atoms with Gasteiger partial charge in [-0.25, -0.2) is 10.3 Å². The van der Waals surface area contributed by atoms with E-state index < -0.39 is 5.54 Å². The van der Waals surface area contributed by atoms with Gasteiger partial charge in [-0.15, -0.1) is 0 Å². The zero-order valence-electron chi connectivity index (χ0n) is 22.8. The van der Waals surface area contributed by atoms with E-state index in [0.717, 1.165) is 36.0 Å². The Morgan fingerprint density at radius 1 is 1.12 bits per heavy atom. The van der Waals surface area contributed by atoms with Gasteiger partial charge in [-0.05, 0) is 68.5 Å². The SMILES string of the molecule is CN(C(=O)c1cc2cc([C@H]3CCOC(C)(C)C3)ccc2n1C1(C2=NC(=C=O)ON2)[C@@H]2COC[C@@H]21)c1ccccc1. The molecule has 0 spiro atoms. The van der Waals surface area contributed by atoms with Crippen molar-refractivity contribution in [3.63, 3.8) is 0 Å². The molecule has 40 heavy (non-hydrogen) atoms. The van der Waals surface area contributed by atoms with Gasteiger partial charge in [0.2, 0.25) is 0 Å². The van der Waals surface area contributed by atoms with Crippen LogP contribution in [0.2, 0.25) is 0 Å². The second kappa shape index (κ2) is 9.06. The number of ether oxygens (including phenoxy) is 2. The molecule has 9 nitrogen and oxygen atoms in total.